The minimum Gasteiger partial charge on any atom is -0.325 e. The van der Waals surface area contributed by atoms with E-state index in [4.69, 9.17) is 0 Å². The van der Waals surface area contributed by atoms with E-state index in [1.54, 1.807) is 4.68 Å². The number of para-hydroxylation sites is 1. The highest BCUT2D eigenvalue weighted by molar-refractivity contribution is 8.00. The fraction of sp³-hybridized carbons (Fsp3) is 0.263. The number of nitrogens with zero attached hydrogens (tertiary/aromatic N) is 4. The highest BCUT2D eigenvalue weighted by Gasteiger charge is 2.19. The Kier molecular flexibility index (Phi) is 5.68. The molecule has 0 bridgehead atoms. The van der Waals surface area contributed by atoms with Gasteiger partial charge in [0, 0.05) is 5.69 Å². The van der Waals surface area contributed by atoms with E-state index in [2.05, 4.69) is 34.7 Å². The van der Waals surface area contributed by atoms with E-state index in [1.165, 1.54) is 17.3 Å². The smallest absolute Gasteiger partial charge is 0.237 e. The van der Waals surface area contributed by atoms with Crippen LogP contribution in [0.25, 0.3) is 5.69 Å². The molecule has 0 aliphatic carbocycles. The predicted molar refractivity (Wildman–Crippen MR) is 104 cm³/mol. The minimum atomic E-state index is -0.340. The van der Waals surface area contributed by atoms with Crippen LogP contribution in [0.1, 0.15) is 32.3 Å². The molecule has 0 aliphatic rings. The Morgan fingerprint density at radius 3 is 2.38 bits per heavy atom. The molecule has 3 aromatic rings. The summed E-state index contributed by atoms with van der Waals surface area (Å²) in [5.74, 6) is 0.376. The molecule has 2 aromatic carbocycles. The molecule has 3 rings (SSSR count). The third-order valence-corrected chi connectivity index (χ3v) is 4.97. The van der Waals surface area contributed by atoms with Gasteiger partial charge >= 0.3 is 0 Å². The highest BCUT2D eigenvalue weighted by atomic mass is 32.2. The number of rotatable bonds is 6. The Morgan fingerprint density at radius 2 is 1.73 bits per heavy atom. The number of hydrogen-bond donors (Lipinski definition) is 1. The van der Waals surface area contributed by atoms with Gasteiger partial charge in [0.05, 0.1) is 10.9 Å². The third kappa shape index (κ3) is 4.29. The maximum atomic E-state index is 12.5. The topological polar surface area (TPSA) is 72.7 Å². The summed E-state index contributed by atoms with van der Waals surface area (Å²) in [5, 5.41) is 15.0. The standard InChI is InChI=1S/C19H21N5OS/c1-13(2)15-9-11-16(12-10-15)20-18(25)14(3)26-19-21-22-23-24(19)17-7-5-4-6-8-17/h4-14H,1-3H3,(H,20,25)/t14-/m1/s1. The SMILES string of the molecule is CC(C)c1ccc(NC(=O)[C@@H](C)Sc2nnnn2-c2ccccc2)cc1. The van der Waals surface area contributed by atoms with Gasteiger partial charge in [-0.2, -0.15) is 4.68 Å². The number of thioether (sulfide) groups is 1. The van der Waals surface area contributed by atoms with Crippen LogP contribution in [0.2, 0.25) is 0 Å². The number of nitrogens with one attached hydrogen (secondary N) is 1. The van der Waals surface area contributed by atoms with E-state index in [9.17, 15) is 4.79 Å². The maximum Gasteiger partial charge on any atom is 0.237 e. The van der Waals surface area contributed by atoms with E-state index < -0.39 is 0 Å². The van der Waals surface area contributed by atoms with Crippen molar-refractivity contribution in [3.05, 3.63) is 60.2 Å². The summed E-state index contributed by atoms with van der Waals surface area (Å²) in [4.78, 5) is 12.5. The zero-order chi connectivity index (χ0) is 18.5. The molecule has 0 aliphatic heterocycles. The van der Waals surface area contributed by atoms with Gasteiger partial charge in [0.25, 0.3) is 0 Å². The maximum absolute atomic E-state index is 12.5. The van der Waals surface area contributed by atoms with Gasteiger partial charge in [-0.15, -0.1) is 5.10 Å². The van der Waals surface area contributed by atoms with Crippen LogP contribution in [0.5, 0.6) is 0 Å². The van der Waals surface area contributed by atoms with Crippen LogP contribution in [-0.4, -0.2) is 31.4 Å². The van der Waals surface area contributed by atoms with Crippen molar-refractivity contribution in [3.63, 3.8) is 0 Å². The molecule has 1 N–H and O–H groups in total. The second kappa shape index (κ2) is 8.14. The molecule has 0 spiro atoms. The van der Waals surface area contributed by atoms with E-state index in [0.717, 1.165) is 11.4 Å². The second-order valence-electron chi connectivity index (χ2n) is 6.23. The molecular formula is C19H21N5OS. The summed E-state index contributed by atoms with van der Waals surface area (Å²) < 4.78 is 1.63. The van der Waals surface area contributed by atoms with Gasteiger partial charge in [0.1, 0.15) is 0 Å². The van der Waals surface area contributed by atoms with Crippen LogP contribution >= 0.6 is 11.8 Å². The largest absolute Gasteiger partial charge is 0.325 e. The van der Waals surface area contributed by atoms with Crippen LogP contribution in [0.15, 0.2) is 59.8 Å². The Morgan fingerprint density at radius 1 is 1.04 bits per heavy atom. The Bertz CT molecular complexity index is 861. The molecule has 1 atom stereocenters. The van der Waals surface area contributed by atoms with Crippen molar-refractivity contribution in [1.82, 2.24) is 20.2 Å². The Hall–Kier alpha value is -2.67. The average Bonchev–Trinajstić information content (AvgIpc) is 3.11. The lowest BCUT2D eigenvalue weighted by Gasteiger charge is -2.12. The van der Waals surface area contributed by atoms with Crippen LogP contribution < -0.4 is 5.32 Å². The molecule has 1 heterocycles. The molecule has 0 radical (unpaired) electrons. The normalized spacial score (nSPS) is 12.2. The van der Waals surface area contributed by atoms with E-state index in [1.807, 2.05) is 61.5 Å². The van der Waals surface area contributed by atoms with Crippen molar-refractivity contribution in [2.24, 2.45) is 0 Å². The molecule has 1 aromatic heterocycles. The third-order valence-electron chi connectivity index (χ3n) is 3.94. The number of carbonyl (C=O) groups excluding carboxylic acids is 1. The summed E-state index contributed by atoms with van der Waals surface area (Å²) in [6.45, 7) is 6.12. The zero-order valence-electron chi connectivity index (χ0n) is 15.0. The molecule has 0 unspecified atom stereocenters. The van der Waals surface area contributed by atoms with Crippen molar-refractivity contribution in [2.75, 3.05) is 5.32 Å². The lowest BCUT2D eigenvalue weighted by molar-refractivity contribution is -0.115. The first kappa shape index (κ1) is 18.1. The van der Waals surface area contributed by atoms with Crippen LogP contribution in [0, 0.1) is 0 Å². The first-order valence-electron chi connectivity index (χ1n) is 8.46. The van der Waals surface area contributed by atoms with Crippen molar-refractivity contribution < 1.29 is 4.79 Å². The summed E-state index contributed by atoms with van der Waals surface area (Å²) in [7, 11) is 0. The fourth-order valence-electron chi connectivity index (χ4n) is 2.39. The van der Waals surface area contributed by atoms with E-state index in [-0.39, 0.29) is 11.2 Å². The molecular weight excluding hydrogens is 346 g/mol. The lowest BCUT2D eigenvalue weighted by Crippen LogP contribution is -2.22. The van der Waals surface area contributed by atoms with Gasteiger partial charge in [0.15, 0.2) is 0 Å². The fourth-order valence-corrected chi connectivity index (χ4v) is 3.20. The van der Waals surface area contributed by atoms with Gasteiger partial charge in [-0.3, -0.25) is 4.79 Å². The number of amides is 1. The Balaban J connectivity index is 1.66. The van der Waals surface area contributed by atoms with Crippen molar-refractivity contribution >= 4 is 23.4 Å². The molecule has 7 heteroatoms. The summed E-state index contributed by atoms with van der Waals surface area (Å²) in [6.07, 6.45) is 0. The van der Waals surface area contributed by atoms with Gasteiger partial charge in [-0.05, 0) is 53.1 Å². The zero-order valence-corrected chi connectivity index (χ0v) is 15.8. The van der Waals surface area contributed by atoms with Crippen LogP contribution in [0.4, 0.5) is 5.69 Å². The van der Waals surface area contributed by atoms with Gasteiger partial charge in [-0.25, -0.2) is 0 Å². The predicted octanol–water partition coefficient (Wildman–Crippen LogP) is 3.91. The summed E-state index contributed by atoms with van der Waals surface area (Å²) >= 11 is 1.32. The van der Waals surface area contributed by atoms with E-state index >= 15 is 0 Å². The van der Waals surface area contributed by atoms with Crippen LogP contribution in [0.3, 0.4) is 0 Å². The minimum absolute atomic E-state index is 0.0880. The summed E-state index contributed by atoms with van der Waals surface area (Å²) in [5.41, 5.74) is 2.89. The number of aromatic nitrogens is 4. The molecule has 26 heavy (non-hydrogen) atoms. The molecule has 134 valence electrons. The van der Waals surface area contributed by atoms with Crippen molar-refractivity contribution in [3.8, 4) is 5.69 Å². The quantitative estimate of drug-likeness (QED) is 0.669. The highest BCUT2D eigenvalue weighted by Crippen LogP contribution is 2.24. The Labute approximate surface area is 157 Å². The summed E-state index contributed by atoms with van der Waals surface area (Å²) in [6, 6.07) is 17.5. The number of tetrazole rings is 1. The number of benzene rings is 2. The second-order valence-corrected chi connectivity index (χ2v) is 7.54. The van der Waals surface area contributed by atoms with Gasteiger partial charge in [0.2, 0.25) is 11.1 Å². The molecule has 0 fully saturated rings. The molecule has 1 amide bonds. The number of hydrogen-bond acceptors (Lipinski definition) is 5. The lowest BCUT2D eigenvalue weighted by atomic mass is 10.0. The van der Waals surface area contributed by atoms with Gasteiger partial charge < -0.3 is 5.32 Å². The van der Waals surface area contributed by atoms with Crippen molar-refractivity contribution in [1.29, 1.82) is 0 Å². The first-order chi connectivity index (χ1) is 12.5. The molecule has 0 saturated heterocycles. The average molecular weight is 367 g/mol. The first-order valence-corrected chi connectivity index (χ1v) is 9.34. The molecule has 6 nitrogen and oxygen atoms in total. The van der Waals surface area contributed by atoms with Gasteiger partial charge in [-0.1, -0.05) is 55.9 Å². The van der Waals surface area contributed by atoms with E-state index in [0.29, 0.717) is 11.1 Å². The molecule has 0 saturated carbocycles. The number of carbonyl (C=O) groups is 1. The van der Waals surface area contributed by atoms with Crippen LogP contribution in [-0.2, 0) is 4.79 Å². The number of anilines is 1. The van der Waals surface area contributed by atoms with Crippen molar-refractivity contribution in [2.45, 2.75) is 37.1 Å². The monoisotopic (exact) mass is 367 g/mol.